The summed E-state index contributed by atoms with van der Waals surface area (Å²) in [5.41, 5.74) is 1.16. The Morgan fingerprint density at radius 1 is 1.32 bits per heavy atom. The van der Waals surface area contributed by atoms with E-state index in [4.69, 9.17) is 4.74 Å². The van der Waals surface area contributed by atoms with Crippen molar-refractivity contribution in [2.75, 3.05) is 6.61 Å². The van der Waals surface area contributed by atoms with Gasteiger partial charge in [0, 0.05) is 19.3 Å². The van der Waals surface area contributed by atoms with Crippen LogP contribution < -0.4 is 0 Å². The quantitative estimate of drug-likeness (QED) is 0.781. The number of carbonyl (C=O) groups is 2. The number of ether oxygens (including phenoxy) is 1. The van der Waals surface area contributed by atoms with Gasteiger partial charge in [-0.15, -0.1) is 0 Å². The van der Waals surface area contributed by atoms with Crippen molar-refractivity contribution in [1.29, 1.82) is 0 Å². The lowest BCUT2D eigenvalue weighted by molar-refractivity contribution is -0.145. The molecule has 2 atom stereocenters. The summed E-state index contributed by atoms with van der Waals surface area (Å²) in [6.45, 7) is 2.23. The average Bonchev–Trinajstić information content (AvgIpc) is 2.42. The predicted octanol–water partition coefficient (Wildman–Crippen LogP) is 3.09. The summed E-state index contributed by atoms with van der Waals surface area (Å²) >= 11 is 0. The highest BCUT2D eigenvalue weighted by molar-refractivity contribution is 5.80. The number of benzene rings is 1. The van der Waals surface area contributed by atoms with E-state index >= 15 is 0 Å². The number of carbonyl (C=O) groups excluding carboxylic acids is 2. The highest BCUT2D eigenvalue weighted by Gasteiger charge is 2.32. The molecule has 102 valence electrons. The van der Waals surface area contributed by atoms with Crippen LogP contribution in [0.25, 0.3) is 0 Å². The van der Waals surface area contributed by atoms with Gasteiger partial charge in [-0.2, -0.15) is 0 Å². The molecule has 0 N–H and O–H groups in total. The van der Waals surface area contributed by atoms with Crippen LogP contribution >= 0.6 is 0 Å². The Morgan fingerprint density at radius 2 is 2.05 bits per heavy atom. The van der Waals surface area contributed by atoms with Gasteiger partial charge < -0.3 is 4.74 Å². The van der Waals surface area contributed by atoms with Crippen LogP contribution in [0.1, 0.15) is 44.1 Å². The molecule has 1 aromatic carbocycles. The second-order valence-corrected chi connectivity index (χ2v) is 5.07. The molecule has 0 saturated heterocycles. The fraction of sp³-hybridized carbons (Fsp3) is 0.500. The minimum atomic E-state index is -0.150. The van der Waals surface area contributed by atoms with Gasteiger partial charge in [-0.3, -0.25) is 9.59 Å². The van der Waals surface area contributed by atoms with Crippen LogP contribution in [0.4, 0.5) is 0 Å². The van der Waals surface area contributed by atoms with Crippen LogP contribution in [0.5, 0.6) is 0 Å². The van der Waals surface area contributed by atoms with Crippen molar-refractivity contribution in [2.24, 2.45) is 5.92 Å². The number of rotatable bonds is 4. The van der Waals surface area contributed by atoms with Crippen LogP contribution in [0.3, 0.4) is 0 Å². The molecule has 0 aliphatic heterocycles. The van der Waals surface area contributed by atoms with Crippen LogP contribution in [0, 0.1) is 5.92 Å². The molecular weight excluding hydrogens is 240 g/mol. The van der Waals surface area contributed by atoms with Crippen molar-refractivity contribution in [1.82, 2.24) is 0 Å². The summed E-state index contributed by atoms with van der Waals surface area (Å²) in [7, 11) is 0. The van der Waals surface area contributed by atoms with Gasteiger partial charge in [0.2, 0.25) is 0 Å². The second-order valence-electron chi connectivity index (χ2n) is 5.07. The van der Waals surface area contributed by atoms with Gasteiger partial charge in [-0.05, 0) is 30.7 Å². The largest absolute Gasteiger partial charge is 0.466 e. The number of ketones is 1. The van der Waals surface area contributed by atoms with Crippen LogP contribution in [-0.2, 0) is 14.3 Å². The maximum absolute atomic E-state index is 11.7. The van der Waals surface area contributed by atoms with E-state index in [2.05, 4.69) is 0 Å². The van der Waals surface area contributed by atoms with E-state index in [0.717, 1.165) is 12.0 Å². The standard InChI is InChI=1S/C16H20O3/c1-2-19-16(18)10-13-8-9-14(17)11-15(13)12-6-4-3-5-7-12/h3-7,13,15H,2,8-11H2,1H3. The normalized spacial score (nSPS) is 23.1. The molecule has 0 bridgehead atoms. The molecule has 1 saturated carbocycles. The molecule has 3 nitrogen and oxygen atoms in total. The fourth-order valence-electron chi connectivity index (χ4n) is 2.83. The first-order valence-corrected chi connectivity index (χ1v) is 6.93. The highest BCUT2D eigenvalue weighted by atomic mass is 16.5. The lowest BCUT2D eigenvalue weighted by atomic mass is 9.73. The summed E-state index contributed by atoms with van der Waals surface area (Å²) in [6, 6.07) is 10.0. The van der Waals surface area contributed by atoms with E-state index in [-0.39, 0.29) is 17.8 Å². The van der Waals surface area contributed by atoms with Crippen molar-refractivity contribution < 1.29 is 14.3 Å². The molecule has 1 aliphatic carbocycles. The first kappa shape index (κ1) is 13.8. The molecule has 1 aliphatic rings. The molecule has 2 rings (SSSR count). The Balaban J connectivity index is 2.11. The number of Topliss-reactive ketones (excluding diaryl/α,β-unsaturated/α-hetero) is 1. The van der Waals surface area contributed by atoms with Crippen LogP contribution in [0.15, 0.2) is 30.3 Å². The third-order valence-electron chi connectivity index (χ3n) is 3.77. The summed E-state index contributed by atoms with van der Waals surface area (Å²) in [5.74, 6) is 0.530. The van der Waals surface area contributed by atoms with E-state index in [1.54, 1.807) is 0 Å². The molecule has 0 spiro atoms. The SMILES string of the molecule is CCOC(=O)CC1CCC(=O)CC1c1ccccc1. The monoisotopic (exact) mass is 260 g/mol. The summed E-state index contributed by atoms with van der Waals surface area (Å²) in [4.78, 5) is 23.4. The highest BCUT2D eigenvalue weighted by Crippen LogP contribution is 2.38. The zero-order valence-corrected chi connectivity index (χ0v) is 11.3. The van der Waals surface area contributed by atoms with E-state index in [9.17, 15) is 9.59 Å². The zero-order valence-electron chi connectivity index (χ0n) is 11.3. The second kappa shape index (κ2) is 6.50. The van der Waals surface area contributed by atoms with E-state index < -0.39 is 0 Å². The molecule has 3 heteroatoms. The Bertz CT molecular complexity index is 439. The van der Waals surface area contributed by atoms with Gasteiger partial charge in [0.05, 0.1) is 6.61 Å². The van der Waals surface area contributed by atoms with Crippen LogP contribution in [0.2, 0.25) is 0 Å². The van der Waals surface area contributed by atoms with Gasteiger partial charge >= 0.3 is 5.97 Å². The smallest absolute Gasteiger partial charge is 0.306 e. The molecule has 0 aromatic heterocycles. The maximum Gasteiger partial charge on any atom is 0.306 e. The average molecular weight is 260 g/mol. The summed E-state index contributed by atoms with van der Waals surface area (Å²) in [5, 5.41) is 0. The summed E-state index contributed by atoms with van der Waals surface area (Å²) in [6.07, 6.45) is 2.35. The first-order valence-electron chi connectivity index (χ1n) is 6.93. The third kappa shape index (κ3) is 3.66. The fourth-order valence-corrected chi connectivity index (χ4v) is 2.83. The van der Waals surface area contributed by atoms with Gasteiger partial charge in [0.1, 0.15) is 5.78 Å². The zero-order chi connectivity index (χ0) is 13.7. The first-order chi connectivity index (χ1) is 9.20. The molecule has 19 heavy (non-hydrogen) atoms. The Hall–Kier alpha value is -1.64. The minimum Gasteiger partial charge on any atom is -0.466 e. The van der Waals surface area contributed by atoms with Crippen molar-refractivity contribution in [2.45, 2.75) is 38.5 Å². The van der Waals surface area contributed by atoms with Crippen molar-refractivity contribution in [3.63, 3.8) is 0 Å². The Morgan fingerprint density at radius 3 is 2.74 bits per heavy atom. The van der Waals surface area contributed by atoms with Gasteiger partial charge in [0.25, 0.3) is 0 Å². The molecular formula is C16H20O3. The lowest BCUT2D eigenvalue weighted by Gasteiger charge is -2.30. The molecule has 2 unspecified atom stereocenters. The van der Waals surface area contributed by atoms with Crippen molar-refractivity contribution in [3.8, 4) is 0 Å². The number of hydrogen-bond acceptors (Lipinski definition) is 3. The Labute approximate surface area is 114 Å². The number of hydrogen-bond donors (Lipinski definition) is 0. The lowest BCUT2D eigenvalue weighted by Crippen LogP contribution is -2.26. The van der Waals surface area contributed by atoms with E-state index in [0.29, 0.717) is 31.7 Å². The molecule has 0 radical (unpaired) electrons. The topological polar surface area (TPSA) is 43.4 Å². The van der Waals surface area contributed by atoms with Gasteiger partial charge in [-0.1, -0.05) is 30.3 Å². The summed E-state index contributed by atoms with van der Waals surface area (Å²) < 4.78 is 5.03. The maximum atomic E-state index is 11.7. The predicted molar refractivity (Wildman–Crippen MR) is 72.8 cm³/mol. The van der Waals surface area contributed by atoms with E-state index in [1.165, 1.54) is 0 Å². The minimum absolute atomic E-state index is 0.150. The third-order valence-corrected chi connectivity index (χ3v) is 3.77. The van der Waals surface area contributed by atoms with Crippen molar-refractivity contribution >= 4 is 11.8 Å². The van der Waals surface area contributed by atoms with Gasteiger partial charge in [-0.25, -0.2) is 0 Å². The van der Waals surface area contributed by atoms with Crippen LogP contribution in [-0.4, -0.2) is 18.4 Å². The molecule has 0 heterocycles. The molecule has 0 amide bonds. The molecule has 1 aromatic rings. The Kier molecular flexibility index (Phi) is 4.72. The molecule has 1 fully saturated rings. The van der Waals surface area contributed by atoms with Gasteiger partial charge in [0.15, 0.2) is 0 Å². The number of esters is 1. The van der Waals surface area contributed by atoms with Crippen molar-refractivity contribution in [3.05, 3.63) is 35.9 Å². The van der Waals surface area contributed by atoms with E-state index in [1.807, 2.05) is 37.3 Å².